The van der Waals surface area contributed by atoms with Crippen molar-refractivity contribution in [2.24, 2.45) is 0 Å². The van der Waals surface area contributed by atoms with E-state index in [-0.39, 0.29) is 5.75 Å². The predicted octanol–water partition coefficient (Wildman–Crippen LogP) is 3.38. The van der Waals surface area contributed by atoms with Gasteiger partial charge in [-0.1, -0.05) is 35.9 Å². The van der Waals surface area contributed by atoms with E-state index in [0.29, 0.717) is 5.69 Å². The summed E-state index contributed by atoms with van der Waals surface area (Å²) in [6.45, 7) is 4.22. The first-order valence-electron chi connectivity index (χ1n) is 6.20. The topological polar surface area (TPSA) is 46.2 Å². The Kier molecular flexibility index (Phi) is 3.56. The molecule has 3 N–H and O–H groups in total. The minimum atomic E-state index is 0.225. The maximum atomic E-state index is 9.87. The zero-order valence-corrected chi connectivity index (χ0v) is 10.9. The zero-order chi connectivity index (χ0) is 13.1. The Labute approximate surface area is 108 Å². The van der Waals surface area contributed by atoms with Crippen LogP contribution in [0.1, 0.15) is 22.3 Å². The Balaban J connectivity index is 2.16. The average Bonchev–Trinajstić information content (AvgIpc) is 2.35. The highest BCUT2D eigenvalue weighted by molar-refractivity contribution is 5.55. The highest BCUT2D eigenvalue weighted by atomic mass is 16.3. The lowest BCUT2D eigenvalue weighted by molar-refractivity contribution is 0.470. The van der Waals surface area contributed by atoms with Crippen LogP contribution in [0.4, 0.5) is 5.69 Å². The summed E-state index contributed by atoms with van der Waals surface area (Å²) in [6, 6.07) is 12.0. The number of nitrogen functional groups attached to an aromatic ring is 1. The summed E-state index contributed by atoms with van der Waals surface area (Å²) < 4.78 is 0. The highest BCUT2D eigenvalue weighted by Crippen LogP contribution is 2.26. The summed E-state index contributed by atoms with van der Waals surface area (Å²) in [5.41, 5.74) is 11.0. The molecule has 0 saturated carbocycles. The number of aromatic hydroxyl groups is 1. The Bertz CT molecular complexity index is 559. The molecule has 2 heteroatoms. The monoisotopic (exact) mass is 241 g/mol. The van der Waals surface area contributed by atoms with Crippen LogP contribution in [0.3, 0.4) is 0 Å². The van der Waals surface area contributed by atoms with E-state index in [4.69, 9.17) is 5.73 Å². The highest BCUT2D eigenvalue weighted by Gasteiger charge is 2.06. The van der Waals surface area contributed by atoms with Crippen LogP contribution in [-0.4, -0.2) is 5.11 Å². The molecule has 0 fully saturated rings. The minimum absolute atomic E-state index is 0.225. The second kappa shape index (κ2) is 5.13. The van der Waals surface area contributed by atoms with Crippen LogP contribution in [0.5, 0.6) is 5.75 Å². The number of anilines is 1. The summed E-state index contributed by atoms with van der Waals surface area (Å²) in [7, 11) is 0. The number of para-hydroxylation sites is 1. The zero-order valence-electron chi connectivity index (χ0n) is 10.9. The molecule has 0 bridgehead atoms. The smallest absolute Gasteiger partial charge is 0.141 e. The van der Waals surface area contributed by atoms with Gasteiger partial charge in [0.2, 0.25) is 0 Å². The van der Waals surface area contributed by atoms with Crippen molar-refractivity contribution in [1.82, 2.24) is 0 Å². The summed E-state index contributed by atoms with van der Waals surface area (Å²) in [5, 5.41) is 9.87. The Hall–Kier alpha value is -1.96. The third-order valence-electron chi connectivity index (χ3n) is 3.32. The second-order valence-electron chi connectivity index (χ2n) is 4.78. The summed E-state index contributed by atoms with van der Waals surface area (Å²) in [4.78, 5) is 0. The van der Waals surface area contributed by atoms with Crippen molar-refractivity contribution in [2.45, 2.75) is 26.7 Å². The molecule has 0 amide bonds. The van der Waals surface area contributed by atoms with E-state index in [2.05, 4.69) is 32.0 Å². The number of rotatable bonds is 3. The predicted molar refractivity (Wildman–Crippen MR) is 75.8 cm³/mol. The van der Waals surface area contributed by atoms with Crippen molar-refractivity contribution in [3.8, 4) is 5.75 Å². The number of nitrogens with two attached hydrogens (primary N) is 1. The van der Waals surface area contributed by atoms with E-state index in [1.807, 2.05) is 12.1 Å². The minimum Gasteiger partial charge on any atom is -0.506 e. The fourth-order valence-electron chi connectivity index (χ4n) is 2.15. The molecule has 0 unspecified atom stereocenters. The fraction of sp³-hybridized carbons (Fsp3) is 0.250. The Morgan fingerprint density at radius 1 is 1.00 bits per heavy atom. The Morgan fingerprint density at radius 2 is 1.72 bits per heavy atom. The molecule has 2 nitrogen and oxygen atoms in total. The molecule has 0 aliphatic carbocycles. The molecular weight excluding hydrogens is 222 g/mol. The molecule has 0 saturated heterocycles. The molecule has 2 aromatic carbocycles. The van der Waals surface area contributed by atoms with Gasteiger partial charge in [0.15, 0.2) is 0 Å². The first-order chi connectivity index (χ1) is 8.58. The molecular formula is C16H19NO. The van der Waals surface area contributed by atoms with Gasteiger partial charge in [-0.05, 0) is 49.4 Å². The van der Waals surface area contributed by atoms with Crippen molar-refractivity contribution in [3.05, 3.63) is 58.7 Å². The lowest BCUT2D eigenvalue weighted by atomic mass is 9.98. The van der Waals surface area contributed by atoms with Crippen LogP contribution in [0.2, 0.25) is 0 Å². The van der Waals surface area contributed by atoms with E-state index in [1.54, 1.807) is 6.07 Å². The lowest BCUT2D eigenvalue weighted by Gasteiger charge is -2.09. The number of benzene rings is 2. The quantitative estimate of drug-likeness (QED) is 0.639. The van der Waals surface area contributed by atoms with Gasteiger partial charge in [0.1, 0.15) is 5.75 Å². The molecule has 0 atom stereocenters. The SMILES string of the molecule is Cc1ccc(C)c(CCc2cccc(N)c2O)c1. The van der Waals surface area contributed by atoms with Crippen molar-refractivity contribution in [1.29, 1.82) is 0 Å². The fourth-order valence-corrected chi connectivity index (χ4v) is 2.15. The van der Waals surface area contributed by atoms with E-state index in [1.165, 1.54) is 16.7 Å². The summed E-state index contributed by atoms with van der Waals surface area (Å²) >= 11 is 0. The molecule has 2 rings (SSSR count). The molecule has 0 radical (unpaired) electrons. The van der Waals surface area contributed by atoms with Gasteiger partial charge < -0.3 is 10.8 Å². The van der Waals surface area contributed by atoms with Gasteiger partial charge >= 0.3 is 0 Å². The third-order valence-corrected chi connectivity index (χ3v) is 3.32. The molecule has 18 heavy (non-hydrogen) atoms. The standard InChI is InChI=1S/C16H19NO/c1-11-6-7-12(2)14(10-11)9-8-13-4-3-5-15(17)16(13)18/h3-7,10,18H,8-9,17H2,1-2H3. The first kappa shape index (κ1) is 12.5. The number of hydrogen-bond donors (Lipinski definition) is 2. The van der Waals surface area contributed by atoms with Crippen LogP contribution in [0.15, 0.2) is 36.4 Å². The molecule has 0 aliphatic rings. The summed E-state index contributed by atoms with van der Waals surface area (Å²) in [5.74, 6) is 0.225. The largest absolute Gasteiger partial charge is 0.506 e. The Morgan fingerprint density at radius 3 is 2.50 bits per heavy atom. The normalized spacial score (nSPS) is 10.6. The van der Waals surface area contributed by atoms with Crippen LogP contribution in [0.25, 0.3) is 0 Å². The van der Waals surface area contributed by atoms with Gasteiger partial charge in [-0.2, -0.15) is 0 Å². The third kappa shape index (κ3) is 2.65. The van der Waals surface area contributed by atoms with Crippen LogP contribution in [-0.2, 0) is 12.8 Å². The van der Waals surface area contributed by atoms with Gasteiger partial charge in [-0.25, -0.2) is 0 Å². The van der Waals surface area contributed by atoms with Crippen molar-refractivity contribution in [3.63, 3.8) is 0 Å². The van der Waals surface area contributed by atoms with Gasteiger partial charge in [-0.3, -0.25) is 0 Å². The van der Waals surface area contributed by atoms with E-state index >= 15 is 0 Å². The van der Waals surface area contributed by atoms with E-state index in [0.717, 1.165) is 18.4 Å². The van der Waals surface area contributed by atoms with Crippen molar-refractivity contribution in [2.75, 3.05) is 5.73 Å². The van der Waals surface area contributed by atoms with Gasteiger partial charge in [0.25, 0.3) is 0 Å². The average molecular weight is 241 g/mol. The van der Waals surface area contributed by atoms with E-state index in [9.17, 15) is 5.11 Å². The van der Waals surface area contributed by atoms with Crippen molar-refractivity contribution >= 4 is 5.69 Å². The molecule has 94 valence electrons. The maximum Gasteiger partial charge on any atom is 0.141 e. The number of aryl methyl sites for hydroxylation is 4. The van der Waals surface area contributed by atoms with Crippen LogP contribution in [0, 0.1) is 13.8 Å². The molecule has 2 aromatic rings. The summed E-state index contributed by atoms with van der Waals surface area (Å²) in [6.07, 6.45) is 1.73. The van der Waals surface area contributed by atoms with Gasteiger partial charge in [-0.15, -0.1) is 0 Å². The lowest BCUT2D eigenvalue weighted by Crippen LogP contribution is -1.97. The maximum absolute atomic E-state index is 9.87. The molecule has 0 heterocycles. The van der Waals surface area contributed by atoms with Gasteiger partial charge in [0, 0.05) is 0 Å². The second-order valence-corrected chi connectivity index (χ2v) is 4.78. The molecule has 0 aromatic heterocycles. The van der Waals surface area contributed by atoms with Crippen LogP contribution >= 0.6 is 0 Å². The number of phenolic OH excluding ortho intramolecular Hbond substituents is 1. The van der Waals surface area contributed by atoms with E-state index < -0.39 is 0 Å². The number of phenols is 1. The van der Waals surface area contributed by atoms with Crippen molar-refractivity contribution < 1.29 is 5.11 Å². The number of hydrogen-bond acceptors (Lipinski definition) is 2. The molecule has 0 aliphatic heterocycles. The van der Waals surface area contributed by atoms with Gasteiger partial charge in [0.05, 0.1) is 5.69 Å². The molecule has 0 spiro atoms. The first-order valence-corrected chi connectivity index (χ1v) is 6.20. The van der Waals surface area contributed by atoms with Crippen LogP contribution < -0.4 is 5.73 Å².